The van der Waals surface area contributed by atoms with Gasteiger partial charge in [-0.2, -0.15) is 15.8 Å². The molecule has 160 valence electrons. The Morgan fingerprint density at radius 1 is 1.23 bits per heavy atom. The first-order valence-corrected chi connectivity index (χ1v) is 10.5. The monoisotopic (exact) mass is 418 g/mol. The molecule has 0 bridgehead atoms. The van der Waals surface area contributed by atoms with E-state index in [4.69, 9.17) is 14.9 Å². The summed E-state index contributed by atoms with van der Waals surface area (Å²) in [7, 11) is 3.61. The van der Waals surface area contributed by atoms with E-state index < -0.39 is 17.3 Å². The SMILES string of the molecule is COc1cc([C@H]2[C@@H]3C[NH+](C)CC=C3[C@@H](C#N)C(=N)C2(C#N)C#N)ccc1OCC(C)C. The minimum atomic E-state index is -1.72. The van der Waals surface area contributed by atoms with Crippen molar-refractivity contribution in [1.82, 2.24) is 0 Å². The fourth-order valence-corrected chi connectivity index (χ4v) is 4.69. The highest BCUT2D eigenvalue weighted by Crippen LogP contribution is 2.53. The van der Waals surface area contributed by atoms with E-state index in [-0.39, 0.29) is 11.6 Å². The summed E-state index contributed by atoms with van der Waals surface area (Å²) in [6.45, 7) is 6.09. The molecule has 0 saturated heterocycles. The predicted molar refractivity (Wildman–Crippen MR) is 115 cm³/mol. The van der Waals surface area contributed by atoms with Crippen molar-refractivity contribution in [2.45, 2.75) is 19.8 Å². The maximum Gasteiger partial charge on any atom is 0.189 e. The molecule has 31 heavy (non-hydrogen) atoms. The molecule has 4 atom stereocenters. The Morgan fingerprint density at radius 2 is 1.94 bits per heavy atom. The van der Waals surface area contributed by atoms with E-state index in [0.29, 0.717) is 30.6 Å². The molecule has 1 saturated carbocycles. The summed E-state index contributed by atoms with van der Waals surface area (Å²) in [4.78, 5) is 1.23. The van der Waals surface area contributed by atoms with Crippen molar-refractivity contribution in [2.75, 3.05) is 33.9 Å². The lowest BCUT2D eigenvalue weighted by atomic mass is 9.54. The minimum absolute atomic E-state index is 0.133. The number of ether oxygens (including phenoxy) is 2. The molecule has 1 aromatic carbocycles. The van der Waals surface area contributed by atoms with Gasteiger partial charge < -0.3 is 19.8 Å². The summed E-state index contributed by atoms with van der Waals surface area (Å²) in [6, 6.07) is 11.9. The summed E-state index contributed by atoms with van der Waals surface area (Å²) >= 11 is 0. The Hall–Kier alpha value is -3.34. The van der Waals surface area contributed by atoms with Gasteiger partial charge in [-0.1, -0.05) is 19.9 Å². The van der Waals surface area contributed by atoms with Gasteiger partial charge in [0.05, 0.1) is 57.8 Å². The van der Waals surface area contributed by atoms with E-state index >= 15 is 0 Å². The van der Waals surface area contributed by atoms with E-state index in [1.54, 1.807) is 13.2 Å². The Labute approximate surface area is 183 Å². The van der Waals surface area contributed by atoms with Gasteiger partial charge in [0.2, 0.25) is 0 Å². The third-order valence-corrected chi connectivity index (χ3v) is 6.20. The van der Waals surface area contributed by atoms with Gasteiger partial charge in [0.15, 0.2) is 16.9 Å². The van der Waals surface area contributed by atoms with Gasteiger partial charge in [0, 0.05) is 11.8 Å². The number of methoxy groups -OCH3 is 1. The lowest BCUT2D eigenvalue weighted by Gasteiger charge is -2.46. The van der Waals surface area contributed by atoms with Crippen LogP contribution >= 0.6 is 0 Å². The topological polar surface area (TPSA) is 118 Å². The molecular formula is C24H28N5O2+. The molecule has 0 radical (unpaired) electrons. The van der Waals surface area contributed by atoms with Crippen LogP contribution < -0.4 is 14.4 Å². The number of fused-ring (bicyclic) bond motifs is 1. The van der Waals surface area contributed by atoms with Crippen LogP contribution in [0.4, 0.5) is 0 Å². The molecule has 0 amide bonds. The van der Waals surface area contributed by atoms with E-state index in [1.807, 2.05) is 18.2 Å². The molecule has 3 rings (SSSR count). The molecule has 0 aromatic heterocycles. The molecule has 1 unspecified atom stereocenters. The van der Waals surface area contributed by atoms with Crippen LogP contribution in [0.3, 0.4) is 0 Å². The third-order valence-electron chi connectivity index (χ3n) is 6.20. The number of benzene rings is 1. The number of nitriles is 3. The Kier molecular flexibility index (Phi) is 6.34. The number of nitrogens with zero attached hydrogens (tertiary/aromatic N) is 3. The molecule has 1 aliphatic carbocycles. The van der Waals surface area contributed by atoms with Crippen molar-refractivity contribution in [2.24, 2.45) is 23.2 Å². The zero-order valence-corrected chi connectivity index (χ0v) is 18.4. The van der Waals surface area contributed by atoms with Gasteiger partial charge in [-0.05, 0) is 35.3 Å². The normalized spacial score (nSPS) is 26.6. The van der Waals surface area contributed by atoms with Crippen LogP contribution in [-0.4, -0.2) is 39.6 Å². The lowest BCUT2D eigenvalue weighted by Crippen LogP contribution is -3.10. The second-order valence-corrected chi connectivity index (χ2v) is 8.78. The average molecular weight is 419 g/mol. The second-order valence-electron chi connectivity index (χ2n) is 8.78. The smallest absolute Gasteiger partial charge is 0.189 e. The average Bonchev–Trinajstić information content (AvgIpc) is 2.77. The van der Waals surface area contributed by atoms with E-state index in [1.165, 1.54) is 4.90 Å². The summed E-state index contributed by atoms with van der Waals surface area (Å²) < 4.78 is 11.4. The molecule has 7 heteroatoms. The molecule has 1 aromatic rings. The zero-order valence-electron chi connectivity index (χ0n) is 18.4. The molecule has 2 N–H and O–H groups in total. The number of nitrogens with one attached hydrogen (secondary N) is 2. The van der Waals surface area contributed by atoms with Crippen LogP contribution in [-0.2, 0) is 0 Å². The summed E-state index contributed by atoms with van der Waals surface area (Å²) in [5.74, 6) is -0.136. The van der Waals surface area contributed by atoms with Crippen LogP contribution in [0.25, 0.3) is 0 Å². The van der Waals surface area contributed by atoms with E-state index in [9.17, 15) is 15.8 Å². The third kappa shape index (κ3) is 3.76. The van der Waals surface area contributed by atoms with Crippen molar-refractivity contribution < 1.29 is 14.4 Å². The van der Waals surface area contributed by atoms with Crippen molar-refractivity contribution in [3.8, 4) is 29.7 Å². The van der Waals surface area contributed by atoms with Crippen molar-refractivity contribution >= 4 is 5.71 Å². The van der Waals surface area contributed by atoms with Crippen molar-refractivity contribution in [1.29, 1.82) is 21.2 Å². The largest absolute Gasteiger partial charge is 0.493 e. The molecule has 1 heterocycles. The van der Waals surface area contributed by atoms with Gasteiger partial charge in [-0.3, -0.25) is 0 Å². The standard InChI is InChI=1S/C24H27N5O2/c1-15(2)12-31-20-6-5-16(9-21(20)30-4)22-19-11-29(3)8-7-17(19)18(10-25)23(28)24(22,13-26)14-27/h5-7,9,15,18-19,22,28H,8,11-12H2,1-4H3/p+1/t18-,19-,22+/m1/s1. The number of rotatable bonds is 5. The Bertz CT molecular complexity index is 1010. The fraction of sp³-hybridized carbons (Fsp3) is 0.500. The Balaban J connectivity index is 2.16. The van der Waals surface area contributed by atoms with Crippen LogP contribution in [0, 0.1) is 62.6 Å². The van der Waals surface area contributed by atoms with Gasteiger partial charge in [0.1, 0.15) is 5.92 Å². The second kappa shape index (κ2) is 8.80. The van der Waals surface area contributed by atoms with Crippen molar-refractivity contribution in [3.63, 3.8) is 0 Å². The minimum Gasteiger partial charge on any atom is -0.493 e. The van der Waals surface area contributed by atoms with E-state index in [0.717, 1.165) is 17.7 Å². The molecule has 7 nitrogen and oxygen atoms in total. The lowest BCUT2D eigenvalue weighted by molar-refractivity contribution is -0.878. The first-order chi connectivity index (χ1) is 14.8. The molecule has 0 spiro atoms. The quantitative estimate of drug-likeness (QED) is 0.710. The van der Waals surface area contributed by atoms with Crippen LogP contribution in [0.15, 0.2) is 29.8 Å². The van der Waals surface area contributed by atoms with Gasteiger partial charge in [-0.15, -0.1) is 0 Å². The van der Waals surface area contributed by atoms with Crippen LogP contribution in [0.5, 0.6) is 11.5 Å². The molecule has 1 fully saturated rings. The number of hydrogen-bond donors (Lipinski definition) is 2. The van der Waals surface area contributed by atoms with E-state index in [2.05, 4.69) is 39.1 Å². The molecule has 1 aliphatic heterocycles. The van der Waals surface area contributed by atoms with Crippen molar-refractivity contribution in [3.05, 3.63) is 35.4 Å². The van der Waals surface area contributed by atoms with Gasteiger partial charge in [0.25, 0.3) is 0 Å². The maximum atomic E-state index is 10.1. The number of quaternary nitrogens is 1. The molecule has 2 aliphatic rings. The fourth-order valence-electron chi connectivity index (χ4n) is 4.69. The summed E-state index contributed by atoms with van der Waals surface area (Å²) in [5.41, 5.74) is -0.260. The first kappa shape index (κ1) is 22.3. The number of hydrogen-bond acceptors (Lipinski definition) is 6. The van der Waals surface area contributed by atoms with Gasteiger partial charge >= 0.3 is 0 Å². The molecular weight excluding hydrogens is 390 g/mol. The van der Waals surface area contributed by atoms with Crippen LogP contribution in [0.2, 0.25) is 0 Å². The van der Waals surface area contributed by atoms with Gasteiger partial charge in [-0.25, -0.2) is 0 Å². The summed E-state index contributed by atoms with van der Waals surface area (Å²) in [5, 5.41) is 38.7. The maximum absolute atomic E-state index is 10.1. The highest BCUT2D eigenvalue weighted by Gasteiger charge is 2.58. The highest BCUT2D eigenvalue weighted by atomic mass is 16.5. The zero-order chi connectivity index (χ0) is 22.8. The van der Waals surface area contributed by atoms with Crippen LogP contribution in [0.1, 0.15) is 25.3 Å². The Morgan fingerprint density at radius 3 is 2.52 bits per heavy atom. The number of likely N-dealkylation sites (N-methyl/N-ethyl adjacent to an activating group) is 1. The first-order valence-electron chi connectivity index (χ1n) is 10.5. The predicted octanol–water partition coefficient (Wildman–Crippen LogP) is 2.09. The summed E-state index contributed by atoms with van der Waals surface area (Å²) in [6.07, 6.45) is 2.01. The highest BCUT2D eigenvalue weighted by molar-refractivity contribution is 6.00.